The van der Waals surface area contributed by atoms with Crippen LogP contribution >= 0.6 is 11.3 Å². The number of halogens is 6. The average molecular weight is 311 g/mol. The van der Waals surface area contributed by atoms with Gasteiger partial charge in [0.25, 0.3) is 0 Å². The fourth-order valence-electron chi connectivity index (χ4n) is 1.42. The average Bonchev–Trinajstić information content (AvgIpc) is 2.79. The first kappa shape index (κ1) is 14.7. The quantitative estimate of drug-likeness (QED) is 0.677. The third-order valence-corrected chi connectivity index (χ3v) is 2.89. The molecule has 0 aliphatic carbocycles. The van der Waals surface area contributed by atoms with Gasteiger partial charge in [0.1, 0.15) is 11.5 Å². The fraction of sp³-hybridized carbons (Fsp3) is 0.167. The maximum absolute atomic E-state index is 12.8. The van der Waals surface area contributed by atoms with Crippen LogP contribution in [-0.2, 0) is 12.4 Å². The molecule has 0 fully saturated rings. The van der Waals surface area contributed by atoms with E-state index in [9.17, 15) is 26.3 Å². The standard InChI is InChI=1S/C12H5F6OS/c13-11(14,15)7-1-2-10(9(5-7)12(16,17)18)19-8-3-4-20-6-8/h1-3,5-6H. The number of hydrogen-bond donors (Lipinski definition) is 0. The summed E-state index contributed by atoms with van der Waals surface area (Å²) in [6.45, 7) is 0. The Balaban J connectivity index is 2.46. The third kappa shape index (κ3) is 3.24. The number of ether oxygens (including phenoxy) is 1. The van der Waals surface area contributed by atoms with Gasteiger partial charge in [-0.2, -0.15) is 26.3 Å². The highest BCUT2D eigenvalue weighted by atomic mass is 32.1. The molecule has 2 rings (SSSR count). The zero-order valence-electron chi connectivity index (χ0n) is 9.47. The van der Waals surface area contributed by atoms with Crippen LogP contribution < -0.4 is 4.74 Å². The van der Waals surface area contributed by atoms with Crippen molar-refractivity contribution < 1.29 is 31.1 Å². The third-order valence-electron chi connectivity index (χ3n) is 2.28. The molecule has 8 heteroatoms. The van der Waals surface area contributed by atoms with Crippen molar-refractivity contribution in [3.05, 3.63) is 46.2 Å². The zero-order chi connectivity index (χ0) is 15.0. The summed E-state index contributed by atoms with van der Waals surface area (Å²) >= 11 is 1.07. The molecule has 0 amide bonds. The van der Waals surface area contributed by atoms with Crippen LogP contribution in [0.3, 0.4) is 0 Å². The highest BCUT2D eigenvalue weighted by molar-refractivity contribution is 7.07. The number of hydrogen-bond acceptors (Lipinski definition) is 2. The second kappa shape index (κ2) is 5.01. The van der Waals surface area contributed by atoms with E-state index in [1.54, 1.807) is 0 Å². The molecule has 20 heavy (non-hydrogen) atoms. The Bertz CT molecular complexity index is 585. The normalized spacial score (nSPS) is 12.5. The molecule has 0 atom stereocenters. The largest absolute Gasteiger partial charge is 0.456 e. The van der Waals surface area contributed by atoms with Crippen LogP contribution in [0.4, 0.5) is 26.3 Å². The van der Waals surface area contributed by atoms with E-state index in [1.807, 2.05) is 0 Å². The Labute approximate surface area is 113 Å². The Kier molecular flexibility index (Phi) is 3.68. The summed E-state index contributed by atoms with van der Waals surface area (Å²) in [7, 11) is 0. The molecule has 1 aromatic heterocycles. The molecule has 0 unspecified atom stereocenters. The summed E-state index contributed by atoms with van der Waals surface area (Å²) in [5, 5.41) is 3.99. The number of benzene rings is 1. The summed E-state index contributed by atoms with van der Waals surface area (Å²) in [5.41, 5.74) is -2.85. The van der Waals surface area contributed by atoms with Gasteiger partial charge in [0, 0.05) is 16.8 Å². The minimum absolute atomic E-state index is 0.0332. The molecule has 1 aromatic carbocycles. The molecular formula is C12H5F6OS. The first-order valence-electron chi connectivity index (χ1n) is 5.09. The number of thiophene rings is 1. The lowest BCUT2D eigenvalue weighted by Crippen LogP contribution is -2.11. The van der Waals surface area contributed by atoms with E-state index in [1.165, 1.54) is 11.4 Å². The summed E-state index contributed by atoms with van der Waals surface area (Å²) in [5.74, 6) is -0.599. The lowest BCUT2D eigenvalue weighted by atomic mass is 10.1. The molecule has 0 aliphatic heterocycles. The smallest absolute Gasteiger partial charge is 0.420 e. The lowest BCUT2D eigenvalue weighted by Gasteiger charge is -2.15. The molecule has 0 saturated carbocycles. The van der Waals surface area contributed by atoms with E-state index in [-0.39, 0.29) is 11.8 Å². The highest BCUT2D eigenvalue weighted by Crippen LogP contribution is 2.41. The highest BCUT2D eigenvalue weighted by Gasteiger charge is 2.39. The predicted octanol–water partition coefficient (Wildman–Crippen LogP) is 5.38. The van der Waals surface area contributed by atoms with Gasteiger partial charge in [-0.1, -0.05) is 0 Å². The minimum atomic E-state index is -4.95. The number of rotatable bonds is 2. The van der Waals surface area contributed by atoms with Crippen LogP contribution in [0.15, 0.2) is 29.6 Å². The van der Waals surface area contributed by atoms with E-state index in [2.05, 4.69) is 5.38 Å². The fourth-order valence-corrected chi connectivity index (χ4v) is 1.90. The van der Waals surface area contributed by atoms with Crippen molar-refractivity contribution in [2.24, 2.45) is 0 Å². The second-order valence-electron chi connectivity index (χ2n) is 3.71. The Morgan fingerprint density at radius 2 is 1.70 bits per heavy atom. The van der Waals surface area contributed by atoms with Crippen LogP contribution in [0.25, 0.3) is 0 Å². The van der Waals surface area contributed by atoms with Crippen LogP contribution in [0.2, 0.25) is 0 Å². The molecule has 0 N–H and O–H groups in total. The molecule has 1 radical (unpaired) electrons. The molecule has 0 bridgehead atoms. The molecule has 1 heterocycles. The molecule has 0 spiro atoms. The maximum Gasteiger partial charge on any atom is 0.420 e. The summed E-state index contributed by atoms with van der Waals surface area (Å²) in [6.07, 6.45) is -9.80. The van der Waals surface area contributed by atoms with Crippen molar-refractivity contribution in [3.63, 3.8) is 0 Å². The maximum atomic E-state index is 12.8. The van der Waals surface area contributed by atoms with E-state index in [0.29, 0.717) is 12.1 Å². The van der Waals surface area contributed by atoms with Crippen LogP contribution in [-0.4, -0.2) is 0 Å². The lowest BCUT2D eigenvalue weighted by molar-refractivity contribution is -0.143. The van der Waals surface area contributed by atoms with Gasteiger partial charge in [-0.05, 0) is 18.2 Å². The molecule has 0 aliphatic rings. The van der Waals surface area contributed by atoms with E-state index in [0.717, 1.165) is 11.3 Å². The first-order valence-corrected chi connectivity index (χ1v) is 5.97. The van der Waals surface area contributed by atoms with Gasteiger partial charge in [0.05, 0.1) is 11.1 Å². The molecular weight excluding hydrogens is 306 g/mol. The molecule has 1 nitrogen and oxygen atoms in total. The minimum Gasteiger partial charge on any atom is -0.456 e. The van der Waals surface area contributed by atoms with Crippen LogP contribution in [0.1, 0.15) is 11.1 Å². The van der Waals surface area contributed by atoms with Crippen molar-refractivity contribution >= 4 is 11.3 Å². The topological polar surface area (TPSA) is 9.23 Å². The van der Waals surface area contributed by atoms with Gasteiger partial charge in [0.2, 0.25) is 0 Å². The van der Waals surface area contributed by atoms with E-state index in [4.69, 9.17) is 4.74 Å². The van der Waals surface area contributed by atoms with Crippen molar-refractivity contribution in [3.8, 4) is 11.5 Å². The first-order chi connectivity index (χ1) is 9.18. The van der Waals surface area contributed by atoms with Crippen LogP contribution in [0.5, 0.6) is 11.5 Å². The predicted molar refractivity (Wildman–Crippen MR) is 59.7 cm³/mol. The van der Waals surface area contributed by atoms with Gasteiger partial charge in [0.15, 0.2) is 0 Å². The summed E-state index contributed by atoms with van der Waals surface area (Å²) in [4.78, 5) is 0. The number of alkyl halides is 6. The Morgan fingerprint density at radius 3 is 2.20 bits per heavy atom. The van der Waals surface area contributed by atoms with Gasteiger partial charge >= 0.3 is 12.4 Å². The van der Waals surface area contributed by atoms with Crippen LogP contribution in [0, 0.1) is 5.38 Å². The van der Waals surface area contributed by atoms with E-state index < -0.39 is 29.2 Å². The van der Waals surface area contributed by atoms with Gasteiger partial charge in [-0.15, -0.1) is 11.3 Å². The Hall–Kier alpha value is -1.70. The molecule has 2 aromatic rings. The van der Waals surface area contributed by atoms with Crippen molar-refractivity contribution in [1.29, 1.82) is 0 Å². The van der Waals surface area contributed by atoms with E-state index >= 15 is 0 Å². The van der Waals surface area contributed by atoms with Crippen molar-refractivity contribution in [2.45, 2.75) is 12.4 Å². The van der Waals surface area contributed by atoms with Gasteiger partial charge < -0.3 is 4.74 Å². The molecule has 0 saturated heterocycles. The van der Waals surface area contributed by atoms with Crippen molar-refractivity contribution in [1.82, 2.24) is 0 Å². The van der Waals surface area contributed by atoms with Crippen molar-refractivity contribution in [2.75, 3.05) is 0 Å². The second-order valence-corrected chi connectivity index (χ2v) is 4.42. The monoisotopic (exact) mass is 311 g/mol. The van der Waals surface area contributed by atoms with Gasteiger partial charge in [-0.3, -0.25) is 0 Å². The zero-order valence-corrected chi connectivity index (χ0v) is 10.3. The SMILES string of the molecule is FC(F)(F)c1ccc(Oc2c[c]sc2)c(C(F)(F)F)c1. The van der Waals surface area contributed by atoms with Gasteiger partial charge in [-0.25, -0.2) is 0 Å². The summed E-state index contributed by atoms with van der Waals surface area (Å²) < 4.78 is 80.7. The summed E-state index contributed by atoms with van der Waals surface area (Å²) in [6, 6.07) is 2.53. The Morgan fingerprint density at radius 1 is 1.00 bits per heavy atom. The molecule has 107 valence electrons.